The topological polar surface area (TPSA) is 63.6 Å². The average molecular weight is 329 g/mol. The SMILES string of the molecule is Cn1c(Cl)nc2nc(-c3ccc(C(F)(F)F)cc3)[nH]c2c1=O. The molecule has 0 aliphatic rings. The lowest BCUT2D eigenvalue weighted by Crippen LogP contribution is -2.18. The van der Waals surface area contributed by atoms with Crippen molar-refractivity contribution in [2.24, 2.45) is 7.05 Å². The van der Waals surface area contributed by atoms with Crippen LogP contribution in [0.3, 0.4) is 0 Å². The van der Waals surface area contributed by atoms with E-state index in [2.05, 4.69) is 15.0 Å². The first kappa shape index (κ1) is 14.6. The molecule has 114 valence electrons. The first-order valence-electron chi connectivity index (χ1n) is 6.07. The van der Waals surface area contributed by atoms with Gasteiger partial charge in [-0.15, -0.1) is 0 Å². The van der Waals surface area contributed by atoms with Crippen molar-refractivity contribution in [2.45, 2.75) is 6.18 Å². The van der Waals surface area contributed by atoms with Crippen LogP contribution in [0.15, 0.2) is 29.1 Å². The summed E-state index contributed by atoms with van der Waals surface area (Å²) in [6, 6.07) is 4.43. The first-order chi connectivity index (χ1) is 10.3. The highest BCUT2D eigenvalue weighted by atomic mass is 35.5. The number of benzene rings is 1. The molecule has 1 N–H and O–H groups in total. The third-order valence-electron chi connectivity index (χ3n) is 3.16. The molecule has 3 aromatic rings. The van der Waals surface area contributed by atoms with Crippen molar-refractivity contribution in [1.82, 2.24) is 19.5 Å². The Kier molecular flexibility index (Phi) is 3.21. The van der Waals surface area contributed by atoms with Crippen LogP contribution in [0.25, 0.3) is 22.6 Å². The second-order valence-corrected chi connectivity index (χ2v) is 4.94. The van der Waals surface area contributed by atoms with Gasteiger partial charge in [-0.2, -0.15) is 18.2 Å². The van der Waals surface area contributed by atoms with E-state index in [0.717, 1.165) is 16.7 Å². The van der Waals surface area contributed by atoms with E-state index in [1.807, 2.05) is 0 Å². The number of fused-ring (bicyclic) bond motifs is 1. The van der Waals surface area contributed by atoms with E-state index in [-0.39, 0.29) is 22.3 Å². The monoisotopic (exact) mass is 328 g/mol. The number of aromatic nitrogens is 4. The third kappa shape index (κ3) is 2.35. The lowest BCUT2D eigenvalue weighted by atomic mass is 10.1. The maximum Gasteiger partial charge on any atom is 0.416 e. The second-order valence-electron chi connectivity index (χ2n) is 4.60. The maximum atomic E-state index is 12.5. The van der Waals surface area contributed by atoms with Gasteiger partial charge >= 0.3 is 6.18 Å². The molecule has 2 aromatic heterocycles. The number of alkyl halides is 3. The molecule has 0 spiro atoms. The van der Waals surface area contributed by atoms with Gasteiger partial charge in [-0.3, -0.25) is 9.36 Å². The van der Waals surface area contributed by atoms with E-state index in [1.54, 1.807) is 0 Å². The van der Waals surface area contributed by atoms with Crippen LogP contribution in [0.5, 0.6) is 0 Å². The van der Waals surface area contributed by atoms with Crippen molar-refractivity contribution in [1.29, 1.82) is 0 Å². The molecule has 1 aromatic carbocycles. The minimum Gasteiger partial charge on any atom is -0.332 e. The molecule has 5 nitrogen and oxygen atoms in total. The summed E-state index contributed by atoms with van der Waals surface area (Å²) in [7, 11) is 1.45. The number of hydrogen-bond donors (Lipinski definition) is 1. The van der Waals surface area contributed by atoms with Gasteiger partial charge in [0.1, 0.15) is 5.82 Å². The highest BCUT2D eigenvalue weighted by Gasteiger charge is 2.30. The normalized spacial score (nSPS) is 12.0. The minimum absolute atomic E-state index is 0.0250. The summed E-state index contributed by atoms with van der Waals surface area (Å²) < 4.78 is 38.8. The molecule has 0 bridgehead atoms. The van der Waals surface area contributed by atoms with Crippen molar-refractivity contribution in [3.63, 3.8) is 0 Å². The Balaban J connectivity index is 2.11. The van der Waals surface area contributed by atoms with Gasteiger partial charge in [0.25, 0.3) is 5.56 Å². The molecular formula is C13H8ClF3N4O. The number of aromatic amines is 1. The Bertz CT molecular complexity index is 912. The molecule has 2 heterocycles. The number of rotatable bonds is 1. The zero-order valence-electron chi connectivity index (χ0n) is 11.1. The van der Waals surface area contributed by atoms with E-state index >= 15 is 0 Å². The molecule has 22 heavy (non-hydrogen) atoms. The molecule has 0 unspecified atom stereocenters. The quantitative estimate of drug-likeness (QED) is 0.698. The lowest BCUT2D eigenvalue weighted by molar-refractivity contribution is -0.137. The zero-order chi connectivity index (χ0) is 16.1. The minimum atomic E-state index is -4.41. The van der Waals surface area contributed by atoms with Gasteiger partial charge in [-0.1, -0.05) is 12.1 Å². The van der Waals surface area contributed by atoms with Crippen LogP contribution in [0.1, 0.15) is 5.56 Å². The van der Waals surface area contributed by atoms with Crippen LogP contribution in [0.2, 0.25) is 5.28 Å². The van der Waals surface area contributed by atoms with Gasteiger partial charge in [0.05, 0.1) is 5.56 Å². The molecule has 0 saturated heterocycles. The van der Waals surface area contributed by atoms with Crippen LogP contribution < -0.4 is 5.56 Å². The highest BCUT2D eigenvalue weighted by Crippen LogP contribution is 2.30. The number of halogens is 4. The fourth-order valence-corrected chi connectivity index (χ4v) is 2.12. The van der Waals surface area contributed by atoms with Crippen molar-refractivity contribution in [3.05, 3.63) is 45.5 Å². The predicted molar refractivity (Wildman–Crippen MR) is 74.6 cm³/mol. The van der Waals surface area contributed by atoms with Gasteiger partial charge < -0.3 is 4.98 Å². The van der Waals surface area contributed by atoms with Crippen LogP contribution in [-0.2, 0) is 13.2 Å². The van der Waals surface area contributed by atoms with Gasteiger partial charge in [-0.25, -0.2) is 4.98 Å². The third-order valence-corrected chi connectivity index (χ3v) is 3.50. The zero-order valence-corrected chi connectivity index (χ0v) is 11.8. The summed E-state index contributed by atoms with van der Waals surface area (Å²) in [6.45, 7) is 0. The molecule has 9 heteroatoms. The fourth-order valence-electron chi connectivity index (χ4n) is 1.96. The second kappa shape index (κ2) is 4.84. The summed E-state index contributed by atoms with van der Waals surface area (Å²) in [5.41, 5.74) is -0.515. The summed E-state index contributed by atoms with van der Waals surface area (Å²) >= 11 is 5.79. The van der Waals surface area contributed by atoms with Crippen LogP contribution in [0.4, 0.5) is 13.2 Å². The highest BCUT2D eigenvalue weighted by molar-refractivity contribution is 6.28. The Morgan fingerprint density at radius 2 is 1.82 bits per heavy atom. The number of imidazole rings is 1. The van der Waals surface area contributed by atoms with Crippen LogP contribution in [-0.4, -0.2) is 19.5 Å². The van der Waals surface area contributed by atoms with E-state index in [0.29, 0.717) is 5.56 Å². The van der Waals surface area contributed by atoms with E-state index in [9.17, 15) is 18.0 Å². The maximum absolute atomic E-state index is 12.5. The lowest BCUT2D eigenvalue weighted by Gasteiger charge is -2.06. The largest absolute Gasteiger partial charge is 0.416 e. The number of nitrogens with one attached hydrogen (secondary N) is 1. The molecule has 0 radical (unpaired) electrons. The standard InChI is InChI=1S/C13H8ClF3N4O/c1-21-11(22)8-10(20-12(21)14)19-9(18-8)6-2-4-7(5-3-6)13(15,16)17/h2-5H,1H3,(H,18,19). The molecule has 0 saturated carbocycles. The summed E-state index contributed by atoms with van der Waals surface area (Å²) in [5, 5.41) is -0.0250. The number of H-pyrrole nitrogens is 1. The number of nitrogens with zero attached hydrogens (tertiary/aromatic N) is 3. The molecule has 0 atom stereocenters. The van der Waals surface area contributed by atoms with Gasteiger partial charge in [0, 0.05) is 12.6 Å². The Morgan fingerprint density at radius 3 is 2.41 bits per heavy atom. The van der Waals surface area contributed by atoms with Gasteiger partial charge in [-0.05, 0) is 23.7 Å². The Labute approximate surface area is 126 Å². The average Bonchev–Trinajstić information content (AvgIpc) is 2.88. The molecular weight excluding hydrogens is 321 g/mol. The van der Waals surface area contributed by atoms with Crippen LogP contribution in [0, 0.1) is 0 Å². The first-order valence-corrected chi connectivity index (χ1v) is 6.45. The van der Waals surface area contributed by atoms with Crippen molar-refractivity contribution >= 4 is 22.8 Å². The number of hydrogen-bond acceptors (Lipinski definition) is 3. The summed E-state index contributed by atoms with van der Waals surface area (Å²) in [4.78, 5) is 22.8. The molecule has 3 rings (SSSR count). The van der Waals surface area contributed by atoms with Crippen LogP contribution >= 0.6 is 11.6 Å². The van der Waals surface area contributed by atoms with Crippen molar-refractivity contribution in [3.8, 4) is 11.4 Å². The molecule has 0 aliphatic heterocycles. The molecule has 0 aliphatic carbocycles. The van der Waals surface area contributed by atoms with Crippen molar-refractivity contribution in [2.75, 3.05) is 0 Å². The predicted octanol–water partition coefficient (Wildman–Crippen LogP) is 3.00. The van der Waals surface area contributed by atoms with E-state index in [4.69, 9.17) is 11.6 Å². The van der Waals surface area contributed by atoms with Gasteiger partial charge in [0.2, 0.25) is 5.28 Å². The Hall–Kier alpha value is -2.35. The van der Waals surface area contributed by atoms with E-state index in [1.165, 1.54) is 19.2 Å². The fraction of sp³-hybridized carbons (Fsp3) is 0.154. The molecule has 0 fully saturated rings. The summed E-state index contributed by atoms with van der Waals surface area (Å²) in [6.07, 6.45) is -4.41. The smallest absolute Gasteiger partial charge is 0.332 e. The van der Waals surface area contributed by atoms with Crippen molar-refractivity contribution < 1.29 is 13.2 Å². The molecule has 0 amide bonds. The Morgan fingerprint density at radius 1 is 1.18 bits per heavy atom. The van der Waals surface area contributed by atoms with E-state index < -0.39 is 17.3 Å². The van der Waals surface area contributed by atoms with Gasteiger partial charge in [0.15, 0.2) is 11.2 Å². The summed E-state index contributed by atoms with van der Waals surface area (Å²) in [5.74, 6) is 0.246.